The van der Waals surface area contributed by atoms with Crippen LogP contribution in [0.4, 0.5) is 0 Å². The molecule has 0 amide bonds. The molecular formula is C20H23NOS. The molecule has 2 aromatic rings. The smallest absolute Gasteiger partial charge is 0.131 e. The van der Waals surface area contributed by atoms with Gasteiger partial charge >= 0.3 is 0 Å². The van der Waals surface area contributed by atoms with Gasteiger partial charge in [-0.3, -0.25) is 5.32 Å². The van der Waals surface area contributed by atoms with Crippen molar-refractivity contribution in [3.63, 3.8) is 0 Å². The summed E-state index contributed by atoms with van der Waals surface area (Å²) < 4.78 is 0. The van der Waals surface area contributed by atoms with Gasteiger partial charge in [-0.2, -0.15) is 0 Å². The number of hydrogen-bond donors (Lipinski definition) is 2. The topological polar surface area (TPSA) is 32.3 Å². The Morgan fingerprint density at radius 1 is 0.913 bits per heavy atom. The Kier molecular flexibility index (Phi) is 3.96. The van der Waals surface area contributed by atoms with Crippen LogP contribution in [0.1, 0.15) is 36.8 Å². The van der Waals surface area contributed by atoms with Gasteiger partial charge in [-0.15, -0.1) is 11.8 Å². The van der Waals surface area contributed by atoms with Gasteiger partial charge in [0.2, 0.25) is 0 Å². The van der Waals surface area contributed by atoms with Crippen molar-refractivity contribution in [3.05, 3.63) is 71.8 Å². The van der Waals surface area contributed by atoms with Crippen molar-refractivity contribution in [2.45, 2.75) is 42.2 Å². The fraction of sp³-hybridized carbons (Fsp3) is 0.400. The molecule has 1 spiro atoms. The summed E-state index contributed by atoms with van der Waals surface area (Å²) in [5.41, 5.74) is 0.959. The summed E-state index contributed by atoms with van der Waals surface area (Å²) in [6.45, 7) is 0. The fourth-order valence-electron chi connectivity index (χ4n) is 4.06. The van der Waals surface area contributed by atoms with E-state index in [1.54, 1.807) is 0 Å². The van der Waals surface area contributed by atoms with Crippen LogP contribution < -0.4 is 5.32 Å². The van der Waals surface area contributed by atoms with Crippen molar-refractivity contribution in [1.29, 1.82) is 0 Å². The third-order valence-electron chi connectivity index (χ3n) is 5.31. The lowest BCUT2D eigenvalue weighted by atomic mass is 9.80. The molecule has 1 atom stereocenters. The third kappa shape index (κ3) is 2.61. The van der Waals surface area contributed by atoms with Gasteiger partial charge in [0.05, 0.1) is 10.9 Å². The molecule has 2 aromatic carbocycles. The summed E-state index contributed by atoms with van der Waals surface area (Å²) in [5.74, 6) is 0.945. The second-order valence-corrected chi connectivity index (χ2v) is 8.11. The van der Waals surface area contributed by atoms with Gasteiger partial charge in [0, 0.05) is 5.75 Å². The average Bonchev–Trinajstić information content (AvgIpc) is 3.26. The normalized spacial score (nSPS) is 23.4. The second-order valence-electron chi connectivity index (χ2n) is 6.71. The van der Waals surface area contributed by atoms with Crippen LogP contribution in [0.5, 0.6) is 0 Å². The Bertz CT molecular complexity index is 612. The second kappa shape index (κ2) is 5.97. The summed E-state index contributed by atoms with van der Waals surface area (Å²) in [7, 11) is 0. The van der Waals surface area contributed by atoms with E-state index >= 15 is 0 Å². The van der Waals surface area contributed by atoms with Crippen LogP contribution in [0.25, 0.3) is 0 Å². The van der Waals surface area contributed by atoms with Crippen LogP contribution in [0, 0.1) is 0 Å². The van der Waals surface area contributed by atoms with Crippen LogP contribution in [0.2, 0.25) is 0 Å². The van der Waals surface area contributed by atoms with E-state index in [0.29, 0.717) is 0 Å². The molecule has 0 radical (unpaired) electrons. The highest BCUT2D eigenvalue weighted by molar-refractivity contribution is 8.00. The predicted molar refractivity (Wildman–Crippen MR) is 96.5 cm³/mol. The molecule has 2 N–H and O–H groups in total. The summed E-state index contributed by atoms with van der Waals surface area (Å²) in [6, 6.07) is 20.3. The zero-order chi connectivity index (χ0) is 15.8. The quantitative estimate of drug-likeness (QED) is 0.898. The molecule has 1 saturated carbocycles. The highest BCUT2D eigenvalue weighted by Crippen LogP contribution is 2.48. The first kappa shape index (κ1) is 15.3. The summed E-state index contributed by atoms with van der Waals surface area (Å²) in [5, 5.41) is 15.6. The third-order valence-corrected chi connectivity index (χ3v) is 6.89. The summed E-state index contributed by atoms with van der Waals surface area (Å²) >= 11 is 2.01. The Hall–Kier alpha value is -1.29. The van der Waals surface area contributed by atoms with Gasteiger partial charge < -0.3 is 5.11 Å². The fourth-order valence-corrected chi connectivity index (χ4v) is 5.67. The van der Waals surface area contributed by atoms with E-state index in [1.165, 1.54) is 25.7 Å². The molecule has 0 bridgehead atoms. The van der Waals surface area contributed by atoms with Gasteiger partial charge in [0.15, 0.2) is 0 Å². The zero-order valence-corrected chi connectivity index (χ0v) is 14.1. The molecule has 2 fully saturated rings. The number of benzene rings is 2. The minimum absolute atomic E-state index is 0.0374. The Morgan fingerprint density at radius 2 is 1.43 bits per heavy atom. The summed E-state index contributed by atoms with van der Waals surface area (Å²) in [4.78, 5) is 0.183. The first-order chi connectivity index (χ1) is 11.2. The van der Waals surface area contributed by atoms with Crippen LogP contribution in [-0.4, -0.2) is 21.8 Å². The molecule has 23 heavy (non-hydrogen) atoms. The summed E-state index contributed by atoms with van der Waals surface area (Å²) in [6.07, 6.45) is 5.02. The first-order valence-electron chi connectivity index (χ1n) is 8.48. The maximum absolute atomic E-state index is 11.8. The van der Waals surface area contributed by atoms with Crippen molar-refractivity contribution in [2.24, 2.45) is 0 Å². The number of hydrogen-bond acceptors (Lipinski definition) is 3. The number of aliphatic hydroxyl groups is 1. The molecule has 1 aliphatic carbocycles. The largest absolute Gasteiger partial charge is 0.379 e. The van der Waals surface area contributed by atoms with Crippen molar-refractivity contribution >= 4 is 11.8 Å². The lowest BCUT2D eigenvalue weighted by Crippen LogP contribution is -2.52. The van der Waals surface area contributed by atoms with E-state index in [1.807, 2.05) is 72.4 Å². The van der Waals surface area contributed by atoms with Crippen LogP contribution >= 0.6 is 11.8 Å². The first-order valence-corrected chi connectivity index (χ1v) is 9.47. The molecule has 4 rings (SSSR count). The van der Waals surface area contributed by atoms with Gasteiger partial charge in [0.1, 0.15) is 5.60 Å². The molecular weight excluding hydrogens is 302 g/mol. The van der Waals surface area contributed by atoms with E-state index < -0.39 is 5.60 Å². The molecule has 0 unspecified atom stereocenters. The monoisotopic (exact) mass is 325 g/mol. The molecule has 120 valence electrons. The number of thioether (sulfide) groups is 1. The van der Waals surface area contributed by atoms with E-state index in [0.717, 1.165) is 16.9 Å². The molecule has 2 aliphatic rings. The van der Waals surface area contributed by atoms with Gasteiger partial charge in [0.25, 0.3) is 0 Å². The zero-order valence-electron chi connectivity index (χ0n) is 13.2. The highest BCUT2D eigenvalue weighted by atomic mass is 32.2. The molecule has 2 nitrogen and oxygen atoms in total. The number of rotatable bonds is 3. The van der Waals surface area contributed by atoms with E-state index in [2.05, 4.69) is 5.32 Å². The minimum Gasteiger partial charge on any atom is -0.379 e. The Labute approximate surface area is 142 Å². The minimum atomic E-state index is -0.985. The maximum Gasteiger partial charge on any atom is 0.131 e. The lowest BCUT2D eigenvalue weighted by molar-refractivity contribution is 0.0432. The Morgan fingerprint density at radius 3 is 1.96 bits per heavy atom. The molecule has 1 aliphatic heterocycles. The van der Waals surface area contributed by atoms with Gasteiger partial charge in [-0.1, -0.05) is 73.5 Å². The van der Waals surface area contributed by atoms with Crippen LogP contribution in [0.3, 0.4) is 0 Å². The SMILES string of the molecule is OC(c1ccccc1)(c1ccccc1)[C@@H]1CSC2(CCCC2)N1. The van der Waals surface area contributed by atoms with Crippen LogP contribution in [-0.2, 0) is 5.60 Å². The average molecular weight is 325 g/mol. The predicted octanol–water partition coefficient (Wildman–Crippen LogP) is 3.90. The maximum atomic E-state index is 11.8. The highest BCUT2D eigenvalue weighted by Gasteiger charge is 2.50. The van der Waals surface area contributed by atoms with E-state index in [9.17, 15) is 5.11 Å². The van der Waals surface area contributed by atoms with Crippen LogP contribution in [0.15, 0.2) is 60.7 Å². The van der Waals surface area contributed by atoms with Crippen molar-refractivity contribution in [2.75, 3.05) is 5.75 Å². The standard InChI is InChI=1S/C20H23NOS/c22-20(16-9-3-1-4-10-16,17-11-5-2-6-12-17)18-15-23-19(21-18)13-7-8-14-19/h1-6,9-12,18,21-22H,7-8,13-15H2/t18-/m0/s1. The number of nitrogens with one attached hydrogen (secondary N) is 1. The van der Waals surface area contributed by atoms with Crippen molar-refractivity contribution < 1.29 is 5.11 Å². The van der Waals surface area contributed by atoms with E-state index in [4.69, 9.17) is 0 Å². The Balaban J connectivity index is 1.75. The molecule has 1 heterocycles. The van der Waals surface area contributed by atoms with Crippen molar-refractivity contribution in [1.82, 2.24) is 5.32 Å². The molecule has 1 saturated heterocycles. The molecule has 3 heteroatoms. The molecule has 0 aromatic heterocycles. The van der Waals surface area contributed by atoms with Gasteiger partial charge in [-0.05, 0) is 24.0 Å². The van der Waals surface area contributed by atoms with E-state index in [-0.39, 0.29) is 10.9 Å². The van der Waals surface area contributed by atoms with Crippen molar-refractivity contribution in [3.8, 4) is 0 Å². The lowest BCUT2D eigenvalue weighted by Gasteiger charge is -2.36. The van der Waals surface area contributed by atoms with Gasteiger partial charge in [-0.25, -0.2) is 0 Å².